The number of nitrogens with zero attached hydrogens (tertiary/aromatic N) is 1. The second-order valence-corrected chi connectivity index (χ2v) is 5.18. The summed E-state index contributed by atoms with van der Waals surface area (Å²) in [5, 5.41) is 11.8. The molecule has 2 N–H and O–H groups in total. The fraction of sp³-hybridized carbons (Fsp3) is 0.118. The Hall–Kier alpha value is -3.15. The van der Waals surface area contributed by atoms with Crippen LogP contribution in [0.4, 0.5) is 4.79 Å². The van der Waals surface area contributed by atoms with Gasteiger partial charge in [0.1, 0.15) is 6.04 Å². The molecule has 0 saturated carbocycles. The van der Waals surface area contributed by atoms with E-state index >= 15 is 0 Å². The molecule has 0 radical (unpaired) electrons. The van der Waals surface area contributed by atoms with E-state index in [9.17, 15) is 19.5 Å². The van der Waals surface area contributed by atoms with Gasteiger partial charge in [-0.2, -0.15) is 0 Å². The van der Waals surface area contributed by atoms with Crippen LogP contribution in [0.2, 0.25) is 0 Å². The molecule has 2 aromatic carbocycles. The van der Waals surface area contributed by atoms with Gasteiger partial charge in [0.25, 0.3) is 5.91 Å². The first-order valence-corrected chi connectivity index (χ1v) is 7.06. The van der Waals surface area contributed by atoms with Gasteiger partial charge in [-0.05, 0) is 17.2 Å². The number of carboxylic acid groups (broad SMARTS) is 1. The molecule has 23 heavy (non-hydrogen) atoms. The Kier molecular flexibility index (Phi) is 3.80. The zero-order valence-corrected chi connectivity index (χ0v) is 12.1. The maximum Gasteiger partial charge on any atom is 0.336 e. The van der Waals surface area contributed by atoms with Crippen LogP contribution in [0, 0.1) is 0 Å². The summed E-state index contributed by atoms with van der Waals surface area (Å²) in [5.41, 5.74) is 1.19. The van der Waals surface area contributed by atoms with E-state index in [2.05, 4.69) is 5.32 Å². The molecule has 0 bridgehead atoms. The Labute approximate surface area is 132 Å². The highest BCUT2D eigenvalue weighted by atomic mass is 16.4. The second kappa shape index (κ2) is 5.92. The molecule has 0 aromatic heterocycles. The highest BCUT2D eigenvalue weighted by Crippen LogP contribution is 2.24. The highest BCUT2D eigenvalue weighted by molar-refractivity contribution is 6.04. The number of carbonyl (C=O) groups excluding carboxylic acids is 2. The summed E-state index contributed by atoms with van der Waals surface area (Å²) in [6.45, 7) is -0.0729. The maximum absolute atomic E-state index is 12.5. The summed E-state index contributed by atoms with van der Waals surface area (Å²) in [6.07, 6.45) is 0. The number of amides is 3. The molecule has 3 rings (SSSR count). The van der Waals surface area contributed by atoms with Crippen molar-refractivity contribution in [3.63, 3.8) is 0 Å². The van der Waals surface area contributed by atoms with Crippen molar-refractivity contribution in [1.29, 1.82) is 0 Å². The number of rotatable bonds is 4. The number of hydrogen-bond acceptors (Lipinski definition) is 3. The summed E-state index contributed by atoms with van der Waals surface area (Å²) in [5.74, 6) is -1.48. The number of imide groups is 1. The maximum atomic E-state index is 12.5. The quantitative estimate of drug-likeness (QED) is 0.847. The van der Waals surface area contributed by atoms with E-state index in [0.717, 1.165) is 4.90 Å². The zero-order chi connectivity index (χ0) is 16.4. The Morgan fingerprint density at radius 2 is 1.70 bits per heavy atom. The molecular weight excluding hydrogens is 296 g/mol. The van der Waals surface area contributed by atoms with Crippen LogP contribution >= 0.6 is 0 Å². The molecule has 1 aliphatic heterocycles. The van der Waals surface area contributed by atoms with E-state index < -0.39 is 18.0 Å². The Balaban J connectivity index is 1.86. The van der Waals surface area contributed by atoms with E-state index in [1.165, 1.54) is 6.07 Å². The van der Waals surface area contributed by atoms with Gasteiger partial charge in [0.05, 0.1) is 12.1 Å². The number of hydrogen-bond donors (Lipinski definition) is 2. The van der Waals surface area contributed by atoms with Gasteiger partial charge in [0.15, 0.2) is 0 Å². The van der Waals surface area contributed by atoms with Gasteiger partial charge in [0, 0.05) is 0 Å². The minimum atomic E-state index is -1.09. The fourth-order valence-corrected chi connectivity index (χ4v) is 2.58. The Bertz CT molecular complexity index is 773. The van der Waals surface area contributed by atoms with Crippen molar-refractivity contribution in [2.24, 2.45) is 0 Å². The van der Waals surface area contributed by atoms with Gasteiger partial charge < -0.3 is 10.4 Å². The lowest BCUT2D eigenvalue weighted by atomic mass is 10.1. The third-order valence-corrected chi connectivity index (χ3v) is 3.74. The largest absolute Gasteiger partial charge is 0.478 e. The third kappa shape index (κ3) is 2.78. The lowest BCUT2D eigenvalue weighted by molar-refractivity contribution is -0.128. The zero-order valence-electron chi connectivity index (χ0n) is 12.1. The molecule has 0 aliphatic carbocycles. The SMILES string of the molecule is O=C(O)c1ccccc1CN1C(=O)NC(c2ccccc2)C1=O. The molecule has 116 valence electrons. The van der Waals surface area contributed by atoms with Gasteiger partial charge in [0.2, 0.25) is 0 Å². The lowest BCUT2D eigenvalue weighted by Crippen LogP contribution is -2.31. The highest BCUT2D eigenvalue weighted by Gasteiger charge is 2.39. The molecule has 3 amide bonds. The normalized spacial score (nSPS) is 17.2. The first-order valence-electron chi connectivity index (χ1n) is 7.06. The first kappa shape index (κ1) is 14.8. The molecule has 1 aliphatic rings. The summed E-state index contributed by atoms with van der Waals surface area (Å²) in [6, 6.07) is 14.0. The van der Waals surface area contributed by atoms with Crippen molar-refractivity contribution in [2.45, 2.75) is 12.6 Å². The van der Waals surface area contributed by atoms with Crippen LogP contribution in [0.15, 0.2) is 54.6 Å². The number of aromatic carboxylic acids is 1. The minimum absolute atomic E-state index is 0.0729. The molecule has 2 aromatic rings. The topological polar surface area (TPSA) is 86.7 Å². The number of urea groups is 1. The lowest BCUT2D eigenvalue weighted by Gasteiger charge is -2.14. The monoisotopic (exact) mass is 310 g/mol. The van der Waals surface area contributed by atoms with Crippen molar-refractivity contribution in [2.75, 3.05) is 0 Å². The van der Waals surface area contributed by atoms with Gasteiger partial charge in [-0.3, -0.25) is 9.69 Å². The average molecular weight is 310 g/mol. The molecular formula is C17H14N2O4. The van der Waals surface area contributed by atoms with Crippen LogP contribution in [0.1, 0.15) is 27.5 Å². The Morgan fingerprint density at radius 3 is 2.39 bits per heavy atom. The first-order chi connectivity index (χ1) is 11.1. The van der Waals surface area contributed by atoms with Crippen molar-refractivity contribution < 1.29 is 19.5 Å². The molecule has 6 nitrogen and oxygen atoms in total. The van der Waals surface area contributed by atoms with Crippen LogP contribution in [-0.4, -0.2) is 27.9 Å². The van der Waals surface area contributed by atoms with E-state index in [1.807, 2.05) is 6.07 Å². The van der Waals surface area contributed by atoms with Gasteiger partial charge >= 0.3 is 12.0 Å². The van der Waals surface area contributed by atoms with Gasteiger partial charge in [-0.1, -0.05) is 48.5 Å². The van der Waals surface area contributed by atoms with Crippen molar-refractivity contribution in [3.05, 3.63) is 71.3 Å². The third-order valence-electron chi connectivity index (χ3n) is 3.74. The molecule has 1 atom stereocenters. The van der Waals surface area contributed by atoms with Crippen LogP contribution in [-0.2, 0) is 11.3 Å². The molecule has 6 heteroatoms. The molecule has 0 spiro atoms. The minimum Gasteiger partial charge on any atom is -0.478 e. The molecule has 1 fully saturated rings. The van der Waals surface area contributed by atoms with E-state index in [-0.39, 0.29) is 18.0 Å². The predicted molar refractivity (Wildman–Crippen MR) is 81.7 cm³/mol. The van der Waals surface area contributed by atoms with Crippen molar-refractivity contribution >= 4 is 17.9 Å². The smallest absolute Gasteiger partial charge is 0.336 e. The number of carbonyl (C=O) groups is 3. The summed E-state index contributed by atoms with van der Waals surface area (Å²) in [4.78, 5) is 36.9. The second-order valence-electron chi connectivity index (χ2n) is 5.18. The number of benzene rings is 2. The summed E-state index contributed by atoms with van der Waals surface area (Å²) >= 11 is 0. The summed E-state index contributed by atoms with van der Waals surface area (Å²) in [7, 11) is 0. The Morgan fingerprint density at radius 1 is 1.04 bits per heavy atom. The molecule has 1 heterocycles. The van der Waals surface area contributed by atoms with E-state index in [0.29, 0.717) is 11.1 Å². The molecule has 1 unspecified atom stereocenters. The predicted octanol–water partition coefficient (Wildman–Crippen LogP) is 2.18. The van der Waals surface area contributed by atoms with Crippen molar-refractivity contribution in [3.8, 4) is 0 Å². The summed E-state index contributed by atoms with van der Waals surface area (Å²) < 4.78 is 0. The van der Waals surface area contributed by atoms with Crippen LogP contribution < -0.4 is 5.32 Å². The van der Waals surface area contributed by atoms with E-state index in [4.69, 9.17) is 0 Å². The van der Waals surface area contributed by atoms with Gasteiger partial charge in [-0.25, -0.2) is 9.59 Å². The molecule has 1 saturated heterocycles. The fourth-order valence-electron chi connectivity index (χ4n) is 2.58. The van der Waals surface area contributed by atoms with Crippen LogP contribution in [0.5, 0.6) is 0 Å². The van der Waals surface area contributed by atoms with Crippen LogP contribution in [0.3, 0.4) is 0 Å². The average Bonchev–Trinajstić information content (AvgIpc) is 2.84. The van der Waals surface area contributed by atoms with Crippen molar-refractivity contribution in [1.82, 2.24) is 10.2 Å². The number of carboxylic acids is 1. The van der Waals surface area contributed by atoms with E-state index in [1.54, 1.807) is 42.5 Å². The number of nitrogens with one attached hydrogen (secondary N) is 1. The van der Waals surface area contributed by atoms with Gasteiger partial charge in [-0.15, -0.1) is 0 Å². The standard InChI is InChI=1S/C17H14N2O4/c20-15-14(11-6-2-1-3-7-11)18-17(23)19(15)10-12-8-4-5-9-13(12)16(21)22/h1-9,14H,10H2,(H,18,23)(H,21,22). The van der Waals surface area contributed by atoms with Crippen LogP contribution in [0.25, 0.3) is 0 Å².